The summed E-state index contributed by atoms with van der Waals surface area (Å²) in [6.07, 6.45) is 0. The average molecular weight is 217 g/mol. The van der Waals surface area contributed by atoms with Crippen molar-refractivity contribution >= 4 is 14.1 Å². The third-order valence-electron chi connectivity index (χ3n) is 1.43. The van der Waals surface area contributed by atoms with E-state index >= 15 is 0 Å². The lowest BCUT2D eigenvalue weighted by atomic mass is 10.3. The van der Waals surface area contributed by atoms with E-state index in [1.807, 2.05) is 0 Å². The summed E-state index contributed by atoms with van der Waals surface area (Å²) in [5.41, 5.74) is 5.90. The van der Waals surface area contributed by atoms with Gasteiger partial charge in [0.05, 0.1) is 12.8 Å². The Morgan fingerprint density at radius 1 is 1.64 bits per heavy atom. The summed E-state index contributed by atoms with van der Waals surface area (Å²) in [5.74, 6) is 0.806. The van der Waals surface area contributed by atoms with E-state index in [1.165, 1.54) is 7.11 Å². The Labute approximate surface area is 81.6 Å². The van der Waals surface area contributed by atoms with Crippen molar-refractivity contribution in [1.82, 2.24) is 4.98 Å². The second kappa shape index (κ2) is 4.85. The molecule has 1 atom stereocenters. The first-order valence-electron chi connectivity index (χ1n) is 3.71. The number of hydrogen-bond donors (Lipinski definition) is 2. The second-order valence-electron chi connectivity index (χ2n) is 2.43. The minimum Gasteiger partial charge on any atom is -0.497 e. The molecular formula is C7H10N2O4P+. The third-order valence-corrected chi connectivity index (χ3v) is 1.78. The predicted octanol–water partition coefficient (Wildman–Crippen LogP) is 0.839. The number of ether oxygens (including phenoxy) is 1. The highest BCUT2D eigenvalue weighted by Crippen LogP contribution is 2.20. The number of nitrogen functional groups attached to an aromatic ring is 1. The van der Waals surface area contributed by atoms with Crippen LogP contribution < -0.4 is 10.5 Å². The van der Waals surface area contributed by atoms with Crippen LogP contribution >= 0.6 is 8.25 Å². The zero-order valence-electron chi connectivity index (χ0n) is 7.51. The van der Waals surface area contributed by atoms with Crippen LogP contribution in [0.3, 0.4) is 0 Å². The molecule has 1 aromatic heterocycles. The molecule has 0 saturated carbocycles. The fourth-order valence-electron chi connectivity index (χ4n) is 0.895. The number of nitrogens with zero attached hydrogens (tertiary/aromatic N) is 1. The maximum Gasteiger partial charge on any atom is 0.695 e. The van der Waals surface area contributed by atoms with Crippen molar-refractivity contribution in [1.29, 1.82) is 0 Å². The van der Waals surface area contributed by atoms with E-state index in [0.29, 0.717) is 11.4 Å². The number of pyridine rings is 1. The zero-order chi connectivity index (χ0) is 10.6. The summed E-state index contributed by atoms with van der Waals surface area (Å²) in [7, 11) is -1.13. The van der Waals surface area contributed by atoms with Gasteiger partial charge in [-0.2, -0.15) is 0 Å². The van der Waals surface area contributed by atoms with Gasteiger partial charge < -0.3 is 10.5 Å². The first-order chi connectivity index (χ1) is 6.61. The molecule has 0 amide bonds. The Hall–Kier alpha value is -1.23. The van der Waals surface area contributed by atoms with Crippen molar-refractivity contribution in [2.75, 3.05) is 12.8 Å². The maximum absolute atomic E-state index is 10.2. The minimum atomic E-state index is -2.62. The Morgan fingerprint density at radius 3 is 2.93 bits per heavy atom. The van der Waals surface area contributed by atoms with Crippen LogP contribution in [0.15, 0.2) is 12.1 Å². The number of anilines is 1. The molecule has 0 saturated heterocycles. The van der Waals surface area contributed by atoms with E-state index in [9.17, 15) is 4.57 Å². The maximum atomic E-state index is 10.2. The Morgan fingerprint density at radius 2 is 2.36 bits per heavy atom. The van der Waals surface area contributed by atoms with Crippen LogP contribution in [0.1, 0.15) is 5.69 Å². The van der Waals surface area contributed by atoms with E-state index in [1.54, 1.807) is 12.1 Å². The molecule has 1 unspecified atom stereocenters. The number of rotatable bonds is 4. The minimum absolute atomic E-state index is 0.0763. The van der Waals surface area contributed by atoms with Gasteiger partial charge in [0.2, 0.25) is 0 Å². The SMILES string of the molecule is COc1cc(N)nc(CO[P+](=O)O)c1. The molecule has 76 valence electrons. The molecule has 6 nitrogen and oxygen atoms in total. The van der Waals surface area contributed by atoms with Gasteiger partial charge >= 0.3 is 8.25 Å². The average Bonchev–Trinajstić information content (AvgIpc) is 2.14. The van der Waals surface area contributed by atoms with E-state index in [-0.39, 0.29) is 12.4 Å². The van der Waals surface area contributed by atoms with Crippen LogP contribution in [0, 0.1) is 0 Å². The van der Waals surface area contributed by atoms with Gasteiger partial charge in [0.25, 0.3) is 0 Å². The molecule has 0 aliphatic heterocycles. The first kappa shape index (κ1) is 10.8. The lowest BCUT2D eigenvalue weighted by Crippen LogP contribution is -1.98. The highest BCUT2D eigenvalue weighted by Gasteiger charge is 2.13. The van der Waals surface area contributed by atoms with Crippen molar-refractivity contribution in [2.24, 2.45) is 0 Å². The molecule has 0 aromatic carbocycles. The molecule has 1 aromatic rings. The quantitative estimate of drug-likeness (QED) is 0.725. The van der Waals surface area contributed by atoms with Crippen LogP contribution in [0.4, 0.5) is 5.82 Å². The lowest BCUT2D eigenvalue weighted by Gasteiger charge is -2.02. The standard InChI is InChI=1S/C7H9N2O4P/c1-12-6-2-5(4-13-14(10)11)9-7(8)3-6/h2-3H,4H2,1H3,(H2-,8,9,10,11)/p+1. The predicted molar refractivity (Wildman–Crippen MR) is 49.8 cm³/mol. The van der Waals surface area contributed by atoms with Crippen LogP contribution in [-0.2, 0) is 15.7 Å². The highest BCUT2D eigenvalue weighted by atomic mass is 31.1. The van der Waals surface area contributed by atoms with Gasteiger partial charge in [-0.25, -0.2) is 4.98 Å². The van der Waals surface area contributed by atoms with Gasteiger partial charge in [-0.15, -0.1) is 9.42 Å². The van der Waals surface area contributed by atoms with Gasteiger partial charge in [0.15, 0.2) is 0 Å². The summed E-state index contributed by atoms with van der Waals surface area (Å²) in [6.45, 7) is -0.0763. The van der Waals surface area contributed by atoms with E-state index < -0.39 is 8.25 Å². The normalized spacial score (nSPS) is 11.1. The van der Waals surface area contributed by atoms with Crippen LogP contribution in [0.2, 0.25) is 0 Å². The molecule has 0 fully saturated rings. The lowest BCUT2D eigenvalue weighted by molar-refractivity contribution is 0.268. The number of methoxy groups -OCH3 is 1. The van der Waals surface area contributed by atoms with Crippen molar-refractivity contribution in [3.8, 4) is 5.75 Å². The molecule has 1 rings (SSSR count). The molecule has 0 bridgehead atoms. The van der Waals surface area contributed by atoms with Crippen molar-refractivity contribution < 1.29 is 18.7 Å². The van der Waals surface area contributed by atoms with Gasteiger partial charge in [0, 0.05) is 16.7 Å². The van der Waals surface area contributed by atoms with Crippen molar-refractivity contribution in [3.63, 3.8) is 0 Å². The summed E-state index contributed by atoms with van der Waals surface area (Å²) in [6, 6.07) is 3.12. The highest BCUT2D eigenvalue weighted by molar-refractivity contribution is 7.32. The summed E-state index contributed by atoms with van der Waals surface area (Å²) < 4.78 is 19.7. The third kappa shape index (κ3) is 3.26. The van der Waals surface area contributed by atoms with Crippen LogP contribution in [-0.4, -0.2) is 17.0 Å². The fourth-order valence-corrected chi connectivity index (χ4v) is 1.14. The number of aromatic nitrogens is 1. The van der Waals surface area contributed by atoms with Gasteiger partial charge in [-0.1, -0.05) is 0 Å². The molecule has 0 aliphatic carbocycles. The van der Waals surface area contributed by atoms with Crippen LogP contribution in [0.25, 0.3) is 0 Å². The summed E-state index contributed by atoms with van der Waals surface area (Å²) in [5, 5.41) is 0. The molecule has 7 heteroatoms. The zero-order valence-corrected chi connectivity index (χ0v) is 8.40. The van der Waals surface area contributed by atoms with Crippen LogP contribution in [0.5, 0.6) is 5.75 Å². The molecule has 3 N–H and O–H groups in total. The van der Waals surface area contributed by atoms with E-state index in [0.717, 1.165) is 0 Å². The summed E-state index contributed by atoms with van der Waals surface area (Å²) >= 11 is 0. The monoisotopic (exact) mass is 217 g/mol. The topological polar surface area (TPSA) is 94.7 Å². The Kier molecular flexibility index (Phi) is 3.76. The molecular weight excluding hydrogens is 207 g/mol. The number of hydrogen-bond acceptors (Lipinski definition) is 5. The van der Waals surface area contributed by atoms with Gasteiger partial charge in [0.1, 0.15) is 18.2 Å². The Bertz CT molecular complexity index is 344. The molecule has 1 heterocycles. The number of nitrogens with two attached hydrogens (primary N) is 1. The van der Waals surface area contributed by atoms with E-state index in [2.05, 4.69) is 9.51 Å². The smallest absolute Gasteiger partial charge is 0.497 e. The molecule has 0 spiro atoms. The largest absolute Gasteiger partial charge is 0.695 e. The first-order valence-corrected chi connectivity index (χ1v) is 4.84. The molecule has 0 radical (unpaired) electrons. The fraction of sp³-hybridized carbons (Fsp3) is 0.286. The summed E-state index contributed by atoms with van der Waals surface area (Å²) in [4.78, 5) is 12.3. The Balaban J connectivity index is 2.76. The van der Waals surface area contributed by atoms with Gasteiger partial charge in [-0.05, 0) is 0 Å². The van der Waals surface area contributed by atoms with Gasteiger partial charge in [-0.3, -0.25) is 0 Å². The molecule has 14 heavy (non-hydrogen) atoms. The van der Waals surface area contributed by atoms with Crippen molar-refractivity contribution in [3.05, 3.63) is 17.8 Å². The second-order valence-corrected chi connectivity index (χ2v) is 3.17. The van der Waals surface area contributed by atoms with E-state index in [4.69, 9.17) is 15.4 Å². The van der Waals surface area contributed by atoms with Crippen molar-refractivity contribution in [2.45, 2.75) is 6.61 Å². The molecule has 0 aliphatic rings.